The molecule has 74 valence electrons. The Kier molecular flexibility index (Phi) is 2.54. The molecular weight excluding hydrogens is 263 g/mol. The molecule has 4 heteroatoms. The Morgan fingerprint density at radius 2 is 2.14 bits per heavy atom. The van der Waals surface area contributed by atoms with Gasteiger partial charge in [-0.15, -0.1) is 0 Å². The fraction of sp³-hybridized carbons (Fsp3) is 0.300. The van der Waals surface area contributed by atoms with Crippen molar-refractivity contribution >= 4 is 33.0 Å². The van der Waals surface area contributed by atoms with Crippen LogP contribution in [0.1, 0.15) is 25.6 Å². The summed E-state index contributed by atoms with van der Waals surface area (Å²) < 4.78 is 3.05. The van der Waals surface area contributed by atoms with Crippen LogP contribution < -0.4 is 0 Å². The lowest BCUT2D eigenvalue weighted by Gasteiger charge is -2.03. The normalized spacial score (nSPS) is 11.5. The third-order valence-electron chi connectivity index (χ3n) is 2.10. The zero-order chi connectivity index (χ0) is 10.3. The van der Waals surface area contributed by atoms with Crippen molar-refractivity contribution in [2.24, 2.45) is 0 Å². The van der Waals surface area contributed by atoms with Crippen LogP contribution in [0.5, 0.6) is 0 Å². The smallest absolute Gasteiger partial charge is 0.155 e. The highest BCUT2D eigenvalue weighted by Gasteiger charge is 2.11. The molecular formula is C10H10BrClN2. The van der Waals surface area contributed by atoms with Gasteiger partial charge in [0.1, 0.15) is 5.82 Å². The van der Waals surface area contributed by atoms with Gasteiger partial charge in [-0.25, -0.2) is 4.98 Å². The van der Waals surface area contributed by atoms with Crippen molar-refractivity contribution in [3.05, 3.63) is 33.8 Å². The van der Waals surface area contributed by atoms with Crippen LogP contribution in [0.3, 0.4) is 0 Å². The quantitative estimate of drug-likeness (QED) is 0.771. The molecule has 0 aliphatic carbocycles. The average Bonchev–Trinajstić information content (AvgIpc) is 2.43. The second kappa shape index (κ2) is 3.55. The lowest BCUT2D eigenvalue weighted by molar-refractivity contribution is 0.769. The summed E-state index contributed by atoms with van der Waals surface area (Å²) in [6.07, 6.45) is 1.99. The van der Waals surface area contributed by atoms with E-state index in [0.29, 0.717) is 11.1 Å². The van der Waals surface area contributed by atoms with Crippen molar-refractivity contribution in [1.82, 2.24) is 9.38 Å². The second-order valence-corrected chi connectivity index (χ2v) is 4.79. The first-order valence-corrected chi connectivity index (χ1v) is 5.59. The SMILES string of the molecule is CC(C)c1nc(Cl)c2ccc(Br)cn12. The topological polar surface area (TPSA) is 17.3 Å². The third-order valence-corrected chi connectivity index (χ3v) is 2.85. The van der Waals surface area contributed by atoms with Crippen LogP contribution in [-0.2, 0) is 0 Å². The third kappa shape index (κ3) is 1.55. The van der Waals surface area contributed by atoms with Gasteiger partial charge < -0.3 is 4.40 Å². The van der Waals surface area contributed by atoms with Crippen LogP contribution >= 0.6 is 27.5 Å². The monoisotopic (exact) mass is 272 g/mol. The summed E-state index contributed by atoms with van der Waals surface area (Å²) in [7, 11) is 0. The molecule has 0 amide bonds. The molecule has 0 radical (unpaired) electrons. The molecule has 14 heavy (non-hydrogen) atoms. The predicted octanol–water partition coefficient (Wildman–Crippen LogP) is 3.87. The van der Waals surface area contributed by atoms with Crippen molar-refractivity contribution in [2.75, 3.05) is 0 Å². The molecule has 0 atom stereocenters. The molecule has 0 aliphatic rings. The summed E-state index contributed by atoms with van der Waals surface area (Å²) >= 11 is 9.46. The maximum atomic E-state index is 6.03. The van der Waals surface area contributed by atoms with Gasteiger partial charge in [-0.05, 0) is 28.1 Å². The zero-order valence-electron chi connectivity index (χ0n) is 7.96. The fourth-order valence-corrected chi connectivity index (χ4v) is 2.03. The molecule has 0 aromatic carbocycles. The minimum atomic E-state index is 0.365. The van der Waals surface area contributed by atoms with E-state index in [1.54, 1.807) is 0 Å². The number of halogens is 2. The second-order valence-electron chi connectivity index (χ2n) is 3.52. The van der Waals surface area contributed by atoms with Gasteiger partial charge >= 0.3 is 0 Å². The van der Waals surface area contributed by atoms with E-state index >= 15 is 0 Å². The average molecular weight is 274 g/mol. The Labute approximate surface area is 96.0 Å². The van der Waals surface area contributed by atoms with E-state index in [1.165, 1.54) is 0 Å². The predicted molar refractivity (Wildman–Crippen MR) is 62.0 cm³/mol. The van der Waals surface area contributed by atoms with Crippen molar-refractivity contribution in [3.8, 4) is 0 Å². The van der Waals surface area contributed by atoms with Gasteiger partial charge in [0.2, 0.25) is 0 Å². The van der Waals surface area contributed by atoms with Gasteiger partial charge in [0.25, 0.3) is 0 Å². The number of hydrogen-bond donors (Lipinski definition) is 0. The highest BCUT2D eigenvalue weighted by atomic mass is 79.9. The van der Waals surface area contributed by atoms with Crippen LogP contribution in [0.25, 0.3) is 5.52 Å². The molecule has 2 nitrogen and oxygen atoms in total. The van der Waals surface area contributed by atoms with E-state index in [0.717, 1.165) is 15.8 Å². The number of pyridine rings is 1. The maximum Gasteiger partial charge on any atom is 0.155 e. The van der Waals surface area contributed by atoms with E-state index < -0.39 is 0 Å². The molecule has 0 bridgehead atoms. The molecule has 2 rings (SSSR count). The summed E-state index contributed by atoms with van der Waals surface area (Å²) in [6, 6.07) is 3.93. The lowest BCUT2D eigenvalue weighted by atomic mass is 10.2. The molecule has 0 N–H and O–H groups in total. The maximum absolute atomic E-state index is 6.03. The first kappa shape index (κ1) is 9.99. The van der Waals surface area contributed by atoms with Gasteiger partial charge in [0.05, 0.1) is 5.52 Å². The first-order chi connectivity index (χ1) is 6.59. The zero-order valence-corrected chi connectivity index (χ0v) is 10.3. The van der Waals surface area contributed by atoms with Crippen molar-refractivity contribution in [1.29, 1.82) is 0 Å². The van der Waals surface area contributed by atoms with Crippen LogP contribution in [0.2, 0.25) is 5.15 Å². The summed E-state index contributed by atoms with van der Waals surface area (Å²) in [4.78, 5) is 4.34. The Morgan fingerprint density at radius 3 is 2.79 bits per heavy atom. The molecule has 0 fully saturated rings. The molecule has 2 aromatic heterocycles. The van der Waals surface area contributed by atoms with Gasteiger partial charge in [0.15, 0.2) is 5.15 Å². The summed E-state index contributed by atoms with van der Waals surface area (Å²) in [5, 5.41) is 0.571. The van der Waals surface area contributed by atoms with Crippen molar-refractivity contribution < 1.29 is 0 Å². The number of fused-ring (bicyclic) bond motifs is 1. The van der Waals surface area contributed by atoms with Gasteiger partial charge in [-0.2, -0.15) is 0 Å². The van der Waals surface area contributed by atoms with Crippen molar-refractivity contribution in [3.63, 3.8) is 0 Å². The van der Waals surface area contributed by atoms with Gasteiger partial charge in [0, 0.05) is 16.6 Å². The van der Waals surface area contributed by atoms with E-state index in [9.17, 15) is 0 Å². The molecule has 2 heterocycles. The number of nitrogens with zero attached hydrogens (tertiary/aromatic N) is 2. The standard InChI is InChI=1S/C10H10BrClN2/c1-6(2)10-13-9(12)8-4-3-7(11)5-14(8)10/h3-6H,1-2H3. The Hall–Kier alpha value is -0.540. The summed E-state index contributed by atoms with van der Waals surface area (Å²) in [5.41, 5.74) is 0.957. The Bertz CT molecular complexity index is 476. The minimum Gasteiger partial charge on any atom is -0.301 e. The summed E-state index contributed by atoms with van der Waals surface area (Å²) in [5.74, 6) is 1.36. The van der Waals surface area contributed by atoms with Gasteiger partial charge in [-0.3, -0.25) is 0 Å². The molecule has 0 spiro atoms. The number of imidazole rings is 1. The number of hydrogen-bond acceptors (Lipinski definition) is 1. The largest absolute Gasteiger partial charge is 0.301 e. The molecule has 0 unspecified atom stereocenters. The fourth-order valence-electron chi connectivity index (χ4n) is 1.45. The minimum absolute atomic E-state index is 0.365. The highest BCUT2D eigenvalue weighted by molar-refractivity contribution is 9.10. The van der Waals surface area contributed by atoms with Crippen LogP contribution in [0.4, 0.5) is 0 Å². The van der Waals surface area contributed by atoms with Gasteiger partial charge in [-0.1, -0.05) is 25.4 Å². The highest BCUT2D eigenvalue weighted by Crippen LogP contribution is 2.24. The van der Waals surface area contributed by atoms with E-state index in [2.05, 4.69) is 34.8 Å². The van der Waals surface area contributed by atoms with E-state index in [4.69, 9.17) is 11.6 Å². The van der Waals surface area contributed by atoms with E-state index in [-0.39, 0.29) is 0 Å². The van der Waals surface area contributed by atoms with Crippen LogP contribution in [0.15, 0.2) is 22.8 Å². The van der Waals surface area contributed by atoms with Crippen LogP contribution in [-0.4, -0.2) is 9.38 Å². The van der Waals surface area contributed by atoms with E-state index in [1.807, 2.05) is 22.7 Å². The number of aromatic nitrogens is 2. The Balaban J connectivity index is 2.79. The van der Waals surface area contributed by atoms with Crippen molar-refractivity contribution in [2.45, 2.75) is 19.8 Å². The molecule has 0 aliphatic heterocycles. The molecule has 0 saturated carbocycles. The number of rotatable bonds is 1. The molecule has 2 aromatic rings. The Morgan fingerprint density at radius 1 is 1.43 bits per heavy atom. The first-order valence-electron chi connectivity index (χ1n) is 4.42. The lowest BCUT2D eigenvalue weighted by Crippen LogP contribution is -1.96. The summed E-state index contributed by atoms with van der Waals surface area (Å²) in [6.45, 7) is 4.21. The molecule has 0 saturated heterocycles. The van der Waals surface area contributed by atoms with Crippen LogP contribution in [0, 0.1) is 0 Å².